The number of carbonyl (C=O) groups is 1. The maximum absolute atomic E-state index is 11.3. The molecule has 2 amide bonds. The van der Waals surface area contributed by atoms with Gasteiger partial charge >= 0.3 is 6.03 Å². The average molecular weight is 212 g/mol. The van der Waals surface area contributed by atoms with Gasteiger partial charge in [-0.05, 0) is 12.8 Å². The second-order valence-corrected chi connectivity index (χ2v) is 4.55. The summed E-state index contributed by atoms with van der Waals surface area (Å²) in [6.45, 7) is 0. The van der Waals surface area contributed by atoms with Crippen LogP contribution in [0.2, 0.25) is 0 Å². The van der Waals surface area contributed by atoms with Gasteiger partial charge < -0.3 is 4.90 Å². The minimum atomic E-state index is -0.163. The number of hydrogen-bond donors (Lipinski definition) is 1. The van der Waals surface area contributed by atoms with Gasteiger partial charge in [-0.2, -0.15) is 0 Å². The molecule has 0 unspecified atom stereocenters. The standard InChI is InChI=1S/C8H12N4OS/c1-12(2)8(13)9-7-11-10-6(14-7)5-3-4-5/h5H,3-4H2,1-2H3,(H,9,11,13). The zero-order valence-electron chi connectivity index (χ0n) is 8.15. The average Bonchev–Trinajstić information content (AvgIpc) is 2.88. The highest BCUT2D eigenvalue weighted by molar-refractivity contribution is 7.15. The molecule has 0 spiro atoms. The van der Waals surface area contributed by atoms with E-state index in [1.807, 2.05) is 0 Å². The fourth-order valence-electron chi connectivity index (χ4n) is 0.984. The molecule has 76 valence electrons. The van der Waals surface area contributed by atoms with E-state index < -0.39 is 0 Å². The first-order valence-electron chi connectivity index (χ1n) is 4.48. The molecule has 0 radical (unpaired) electrons. The van der Waals surface area contributed by atoms with Gasteiger partial charge in [0.1, 0.15) is 5.01 Å². The molecule has 0 atom stereocenters. The predicted molar refractivity (Wildman–Crippen MR) is 54.6 cm³/mol. The second-order valence-electron chi connectivity index (χ2n) is 3.54. The molecule has 0 aromatic carbocycles. The summed E-state index contributed by atoms with van der Waals surface area (Å²) < 4.78 is 0. The van der Waals surface area contributed by atoms with Crippen LogP contribution < -0.4 is 5.32 Å². The SMILES string of the molecule is CN(C)C(=O)Nc1nnc(C2CC2)s1. The van der Waals surface area contributed by atoms with Crippen LogP contribution in [0.4, 0.5) is 9.93 Å². The number of anilines is 1. The summed E-state index contributed by atoms with van der Waals surface area (Å²) in [5.41, 5.74) is 0. The normalized spacial score (nSPS) is 15.3. The van der Waals surface area contributed by atoms with Crippen LogP contribution >= 0.6 is 11.3 Å². The highest BCUT2D eigenvalue weighted by Gasteiger charge is 2.27. The number of amides is 2. The summed E-state index contributed by atoms with van der Waals surface area (Å²) in [5, 5.41) is 12.2. The number of nitrogens with one attached hydrogen (secondary N) is 1. The van der Waals surface area contributed by atoms with E-state index in [0.717, 1.165) is 5.01 Å². The largest absolute Gasteiger partial charge is 0.331 e. The topological polar surface area (TPSA) is 58.1 Å². The Balaban J connectivity index is 1.99. The van der Waals surface area contributed by atoms with Crippen molar-refractivity contribution in [1.29, 1.82) is 0 Å². The summed E-state index contributed by atoms with van der Waals surface area (Å²) in [4.78, 5) is 12.7. The lowest BCUT2D eigenvalue weighted by Crippen LogP contribution is -2.27. The third kappa shape index (κ3) is 2.01. The number of urea groups is 1. The lowest BCUT2D eigenvalue weighted by atomic mass is 10.5. The molecule has 1 heterocycles. The van der Waals surface area contributed by atoms with Gasteiger partial charge in [-0.3, -0.25) is 5.32 Å². The van der Waals surface area contributed by atoms with E-state index in [9.17, 15) is 4.79 Å². The number of nitrogens with zero attached hydrogens (tertiary/aromatic N) is 3. The number of carbonyl (C=O) groups excluding carboxylic acids is 1. The van der Waals surface area contributed by atoms with Gasteiger partial charge in [-0.15, -0.1) is 10.2 Å². The second kappa shape index (κ2) is 3.53. The molecular weight excluding hydrogens is 200 g/mol. The van der Waals surface area contributed by atoms with Crippen LogP contribution in [0.15, 0.2) is 0 Å². The van der Waals surface area contributed by atoms with Gasteiger partial charge in [-0.25, -0.2) is 4.79 Å². The van der Waals surface area contributed by atoms with E-state index in [0.29, 0.717) is 11.0 Å². The van der Waals surface area contributed by atoms with Crippen LogP contribution in [0, 0.1) is 0 Å². The first-order chi connectivity index (χ1) is 6.66. The van der Waals surface area contributed by atoms with E-state index in [1.165, 1.54) is 29.1 Å². The van der Waals surface area contributed by atoms with Crippen molar-refractivity contribution in [3.63, 3.8) is 0 Å². The minimum Gasteiger partial charge on any atom is -0.331 e. The third-order valence-corrected chi connectivity index (χ3v) is 2.99. The van der Waals surface area contributed by atoms with Crippen LogP contribution in [-0.4, -0.2) is 35.2 Å². The van der Waals surface area contributed by atoms with Crippen molar-refractivity contribution in [3.05, 3.63) is 5.01 Å². The summed E-state index contributed by atoms with van der Waals surface area (Å²) in [5.74, 6) is 0.595. The smallest absolute Gasteiger partial charge is 0.323 e. The molecule has 6 heteroatoms. The van der Waals surface area contributed by atoms with Crippen LogP contribution in [0.5, 0.6) is 0 Å². The third-order valence-electron chi connectivity index (χ3n) is 1.99. The molecule has 0 bridgehead atoms. The van der Waals surface area contributed by atoms with Crippen LogP contribution in [0.25, 0.3) is 0 Å². The Morgan fingerprint density at radius 1 is 1.50 bits per heavy atom. The van der Waals surface area contributed by atoms with Gasteiger partial charge in [0, 0.05) is 20.0 Å². The van der Waals surface area contributed by atoms with E-state index in [-0.39, 0.29) is 6.03 Å². The molecule has 5 nitrogen and oxygen atoms in total. The molecule has 1 aromatic rings. The summed E-state index contributed by atoms with van der Waals surface area (Å²) in [6.07, 6.45) is 2.41. The molecule has 1 N–H and O–H groups in total. The molecule has 0 aliphatic heterocycles. The highest BCUT2D eigenvalue weighted by Crippen LogP contribution is 2.41. The lowest BCUT2D eigenvalue weighted by Gasteiger charge is -2.08. The Morgan fingerprint density at radius 3 is 2.79 bits per heavy atom. The quantitative estimate of drug-likeness (QED) is 0.808. The van der Waals surface area contributed by atoms with Crippen molar-refractivity contribution in [1.82, 2.24) is 15.1 Å². The Morgan fingerprint density at radius 2 is 2.21 bits per heavy atom. The zero-order chi connectivity index (χ0) is 10.1. The maximum atomic E-state index is 11.3. The van der Waals surface area contributed by atoms with E-state index in [1.54, 1.807) is 14.1 Å². The van der Waals surface area contributed by atoms with E-state index in [4.69, 9.17) is 0 Å². The first-order valence-corrected chi connectivity index (χ1v) is 5.30. The predicted octanol–water partition coefficient (Wildman–Crippen LogP) is 1.51. The van der Waals surface area contributed by atoms with Gasteiger partial charge in [0.25, 0.3) is 0 Å². The Hall–Kier alpha value is -1.17. The van der Waals surface area contributed by atoms with Crippen molar-refractivity contribution in [2.45, 2.75) is 18.8 Å². The molecule has 1 aliphatic rings. The summed E-state index contributed by atoms with van der Waals surface area (Å²) in [6, 6.07) is -0.163. The molecule has 1 fully saturated rings. The molecule has 1 saturated carbocycles. The summed E-state index contributed by atoms with van der Waals surface area (Å²) >= 11 is 1.47. The maximum Gasteiger partial charge on any atom is 0.323 e. The Kier molecular flexibility index (Phi) is 2.37. The fourth-order valence-corrected chi connectivity index (χ4v) is 1.89. The molecule has 14 heavy (non-hydrogen) atoms. The monoisotopic (exact) mass is 212 g/mol. The van der Waals surface area contributed by atoms with Crippen molar-refractivity contribution < 1.29 is 4.79 Å². The van der Waals surface area contributed by atoms with Crippen molar-refractivity contribution >= 4 is 22.5 Å². The van der Waals surface area contributed by atoms with E-state index >= 15 is 0 Å². The van der Waals surface area contributed by atoms with Gasteiger partial charge in [-0.1, -0.05) is 11.3 Å². The highest BCUT2D eigenvalue weighted by atomic mass is 32.1. The van der Waals surface area contributed by atoms with Crippen molar-refractivity contribution in [3.8, 4) is 0 Å². The van der Waals surface area contributed by atoms with Crippen LogP contribution in [0.3, 0.4) is 0 Å². The van der Waals surface area contributed by atoms with Gasteiger partial charge in [0.05, 0.1) is 0 Å². The lowest BCUT2D eigenvalue weighted by molar-refractivity contribution is 0.230. The number of rotatable bonds is 2. The number of aromatic nitrogens is 2. The molecular formula is C8H12N4OS. The van der Waals surface area contributed by atoms with Gasteiger partial charge in [0.15, 0.2) is 0 Å². The zero-order valence-corrected chi connectivity index (χ0v) is 8.97. The van der Waals surface area contributed by atoms with Crippen LogP contribution in [-0.2, 0) is 0 Å². The Labute approximate surface area is 86.1 Å². The summed E-state index contributed by atoms with van der Waals surface area (Å²) in [7, 11) is 3.39. The minimum absolute atomic E-state index is 0.163. The Bertz CT molecular complexity index is 345. The first kappa shape index (κ1) is 9.39. The van der Waals surface area contributed by atoms with Crippen LogP contribution in [0.1, 0.15) is 23.8 Å². The molecule has 1 aliphatic carbocycles. The molecule has 2 rings (SSSR count). The molecule has 0 saturated heterocycles. The van der Waals surface area contributed by atoms with Crippen molar-refractivity contribution in [2.24, 2.45) is 0 Å². The van der Waals surface area contributed by atoms with E-state index in [2.05, 4.69) is 15.5 Å². The van der Waals surface area contributed by atoms with Gasteiger partial charge in [0.2, 0.25) is 5.13 Å². The molecule has 1 aromatic heterocycles. The van der Waals surface area contributed by atoms with Crippen molar-refractivity contribution in [2.75, 3.05) is 19.4 Å². The fraction of sp³-hybridized carbons (Fsp3) is 0.625. The number of hydrogen-bond acceptors (Lipinski definition) is 4.